The quantitative estimate of drug-likeness (QED) is 0.719. The average molecular weight is 324 g/mol. The number of likely N-dealkylation sites (N-methyl/N-ethyl adjacent to an activating group) is 1. The van der Waals surface area contributed by atoms with Gasteiger partial charge in [0, 0.05) is 31.6 Å². The van der Waals surface area contributed by atoms with Crippen LogP contribution in [0, 0.1) is 5.92 Å². The monoisotopic (exact) mass is 324 g/mol. The van der Waals surface area contributed by atoms with Crippen LogP contribution in [0.1, 0.15) is 18.4 Å². The molecule has 1 aliphatic heterocycles. The van der Waals surface area contributed by atoms with Crippen LogP contribution >= 0.6 is 11.3 Å². The summed E-state index contributed by atoms with van der Waals surface area (Å²) in [5, 5.41) is 4.44. The molecule has 22 heavy (non-hydrogen) atoms. The van der Waals surface area contributed by atoms with Gasteiger partial charge in [-0.3, -0.25) is 4.90 Å². The van der Waals surface area contributed by atoms with E-state index in [1.54, 1.807) is 11.3 Å². The molecule has 1 aliphatic carbocycles. The van der Waals surface area contributed by atoms with Crippen LogP contribution in [0.4, 0.5) is 0 Å². The molecule has 1 saturated carbocycles. The number of ether oxygens (including phenoxy) is 2. The molecule has 0 radical (unpaired) electrons. The molecule has 124 valence electrons. The van der Waals surface area contributed by atoms with Crippen LogP contribution in [0.5, 0.6) is 0 Å². The molecule has 2 fully saturated rings. The molecule has 0 spiro atoms. The summed E-state index contributed by atoms with van der Waals surface area (Å²) in [5.41, 5.74) is 1.44. The third-order valence-corrected chi connectivity index (χ3v) is 5.55. The molecule has 1 aromatic heterocycles. The molecule has 0 unspecified atom stereocenters. The summed E-state index contributed by atoms with van der Waals surface area (Å²) >= 11 is 1.79. The van der Waals surface area contributed by atoms with E-state index in [0.29, 0.717) is 18.1 Å². The molecule has 1 aromatic rings. The normalized spacial score (nSPS) is 29.1. The Morgan fingerprint density at radius 3 is 3.09 bits per heavy atom. The van der Waals surface area contributed by atoms with Crippen molar-refractivity contribution < 1.29 is 9.47 Å². The third-order valence-electron chi connectivity index (χ3n) is 4.82. The first-order chi connectivity index (χ1) is 10.7. The summed E-state index contributed by atoms with van der Waals surface area (Å²) in [6.45, 7) is 5.65. The van der Waals surface area contributed by atoms with E-state index in [4.69, 9.17) is 9.47 Å². The molecule has 3 rings (SSSR count). The van der Waals surface area contributed by atoms with Crippen LogP contribution in [0.25, 0.3) is 0 Å². The maximum Gasteiger partial charge on any atom is 0.0781 e. The van der Waals surface area contributed by atoms with Crippen LogP contribution in [0.15, 0.2) is 16.8 Å². The highest BCUT2D eigenvalue weighted by Crippen LogP contribution is 2.35. The van der Waals surface area contributed by atoms with Crippen molar-refractivity contribution in [2.24, 2.45) is 5.92 Å². The largest absolute Gasteiger partial charge is 0.380 e. The Hall–Kier alpha value is -0.460. The lowest BCUT2D eigenvalue weighted by atomic mass is 10.0. The molecule has 1 saturated heterocycles. The zero-order valence-electron chi connectivity index (χ0n) is 13.7. The molecular formula is C17H28N2O2S. The fourth-order valence-electron chi connectivity index (χ4n) is 3.61. The molecule has 2 aliphatic rings. The van der Waals surface area contributed by atoms with Gasteiger partial charge in [0.15, 0.2) is 0 Å². The zero-order valence-corrected chi connectivity index (χ0v) is 14.6. The highest BCUT2D eigenvalue weighted by Gasteiger charge is 2.42. The molecule has 0 bridgehead atoms. The summed E-state index contributed by atoms with van der Waals surface area (Å²) in [4.78, 5) is 4.78. The molecule has 0 N–H and O–H groups in total. The van der Waals surface area contributed by atoms with Crippen LogP contribution in [0.2, 0.25) is 0 Å². The first-order valence-corrected chi connectivity index (χ1v) is 9.27. The summed E-state index contributed by atoms with van der Waals surface area (Å²) in [6, 6.07) is 2.82. The van der Waals surface area contributed by atoms with Crippen molar-refractivity contribution in [3.05, 3.63) is 22.4 Å². The second-order valence-electron chi connectivity index (χ2n) is 6.72. The van der Waals surface area contributed by atoms with Gasteiger partial charge in [0.25, 0.3) is 0 Å². The van der Waals surface area contributed by atoms with Crippen LogP contribution in [0.3, 0.4) is 0 Å². The smallest absolute Gasteiger partial charge is 0.0781 e. The standard InChI is InChI=1S/C17H28N2O2S/c1-18(2)6-8-20-12-15-3-4-16-17(15)21-9-7-19(16)11-14-5-10-22-13-14/h5,10,13,15-17H,3-4,6-9,11-12H2,1-2H3/t15-,16-,17+/m0/s1. The summed E-state index contributed by atoms with van der Waals surface area (Å²) in [5.74, 6) is 0.567. The average Bonchev–Trinajstić information content (AvgIpc) is 3.14. The van der Waals surface area contributed by atoms with E-state index in [2.05, 4.69) is 40.7 Å². The van der Waals surface area contributed by atoms with E-state index in [9.17, 15) is 0 Å². The number of hydrogen-bond acceptors (Lipinski definition) is 5. The molecule has 3 atom stereocenters. The lowest BCUT2D eigenvalue weighted by Crippen LogP contribution is -2.50. The number of nitrogens with zero attached hydrogens (tertiary/aromatic N) is 2. The van der Waals surface area contributed by atoms with Gasteiger partial charge < -0.3 is 14.4 Å². The van der Waals surface area contributed by atoms with Crippen LogP contribution < -0.4 is 0 Å². The van der Waals surface area contributed by atoms with E-state index in [1.807, 2.05) is 0 Å². The highest BCUT2D eigenvalue weighted by molar-refractivity contribution is 7.07. The van der Waals surface area contributed by atoms with Gasteiger partial charge >= 0.3 is 0 Å². The van der Waals surface area contributed by atoms with E-state index < -0.39 is 0 Å². The maximum absolute atomic E-state index is 6.11. The Balaban J connectivity index is 1.49. The minimum atomic E-state index is 0.367. The Labute approximate surface area is 138 Å². The second-order valence-corrected chi connectivity index (χ2v) is 7.50. The van der Waals surface area contributed by atoms with Gasteiger partial charge in [-0.05, 0) is 49.3 Å². The predicted molar refractivity (Wildman–Crippen MR) is 90.4 cm³/mol. The fraction of sp³-hybridized carbons (Fsp3) is 0.765. The number of morpholine rings is 1. The van der Waals surface area contributed by atoms with Crippen molar-refractivity contribution in [2.45, 2.75) is 31.5 Å². The van der Waals surface area contributed by atoms with Gasteiger partial charge in [0.2, 0.25) is 0 Å². The lowest BCUT2D eigenvalue weighted by Gasteiger charge is -2.39. The van der Waals surface area contributed by atoms with Gasteiger partial charge in [0.1, 0.15) is 0 Å². The van der Waals surface area contributed by atoms with Crippen molar-refractivity contribution in [3.8, 4) is 0 Å². The van der Waals surface area contributed by atoms with E-state index >= 15 is 0 Å². The van der Waals surface area contributed by atoms with Crippen molar-refractivity contribution in [3.63, 3.8) is 0 Å². The molecular weight excluding hydrogens is 296 g/mol. The second kappa shape index (κ2) is 7.88. The van der Waals surface area contributed by atoms with Crippen LogP contribution in [-0.4, -0.2) is 69.0 Å². The maximum atomic E-state index is 6.11. The summed E-state index contributed by atoms with van der Waals surface area (Å²) in [7, 11) is 4.17. The lowest BCUT2D eigenvalue weighted by molar-refractivity contribution is -0.0883. The van der Waals surface area contributed by atoms with Gasteiger partial charge in [0.05, 0.1) is 25.9 Å². The van der Waals surface area contributed by atoms with Crippen molar-refractivity contribution >= 4 is 11.3 Å². The van der Waals surface area contributed by atoms with Gasteiger partial charge in [-0.1, -0.05) is 0 Å². The molecule has 4 nitrogen and oxygen atoms in total. The van der Waals surface area contributed by atoms with Gasteiger partial charge in [-0.2, -0.15) is 11.3 Å². The van der Waals surface area contributed by atoms with Crippen molar-refractivity contribution in [1.82, 2.24) is 9.80 Å². The molecule has 0 amide bonds. The first kappa shape index (κ1) is 16.4. The summed E-state index contributed by atoms with van der Waals surface area (Å²) in [6.07, 6.45) is 2.85. The molecule has 5 heteroatoms. The van der Waals surface area contributed by atoms with Crippen molar-refractivity contribution in [1.29, 1.82) is 0 Å². The third kappa shape index (κ3) is 4.09. The van der Waals surface area contributed by atoms with Gasteiger partial charge in [-0.15, -0.1) is 0 Å². The first-order valence-electron chi connectivity index (χ1n) is 8.33. The number of fused-ring (bicyclic) bond motifs is 1. The minimum absolute atomic E-state index is 0.367. The Morgan fingerprint density at radius 2 is 2.32 bits per heavy atom. The topological polar surface area (TPSA) is 24.9 Å². The fourth-order valence-corrected chi connectivity index (χ4v) is 4.27. The van der Waals surface area contributed by atoms with E-state index in [0.717, 1.165) is 39.5 Å². The summed E-state index contributed by atoms with van der Waals surface area (Å²) < 4.78 is 12.0. The number of hydrogen-bond donors (Lipinski definition) is 0. The molecule has 2 heterocycles. The molecule has 0 aromatic carbocycles. The predicted octanol–water partition coefficient (Wildman–Crippen LogP) is 2.31. The minimum Gasteiger partial charge on any atom is -0.380 e. The SMILES string of the molecule is CN(C)CCOC[C@@H]1CC[C@H]2[C@@H]1OCCN2Cc1ccsc1. The highest BCUT2D eigenvalue weighted by atomic mass is 32.1. The zero-order chi connectivity index (χ0) is 15.4. The van der Waals surface area contributed by atoms with Crippen LogP contribution in [-0.2, 0) is 16.0 Å². The number of rotatable bonds is 7. The Kier molecular flexibility index (Phi) is 5.88. The Morgan fingerprint density at radius 1 is 1.41 bits per heavy atom. The number of thiophene rings is 1. The van der Waals surface area contributed by atoms with Gasteiger partial charge in [-0.25, -0.2) is 0 Å². The van der Waals surface area contributed by atoms with E-state index in [-0.39, 0.29) is 0 Å². The van der Waals surface area contributed by atoms with E-state index in [1.165, 1.54) is 18.4 Å². The van der Waals surface area contributed by atoms with Crippen molar-refractivity contribution in [2.75, 3.05) is 47.0 Å². The Bertz CT molecular complexity index is 438.